The van der Waals surface area contributed by atoms with Crippen LogP contribution < -0.4 is 10.5 Å². The average molecular weight is 308 g/mol. The van der Waals surface area contributed by atoms with Gasteiger partial charge in [-0.1, -0.05) is 6.92 Å². The molecule has 1 atom stereocenters. The van der Waals surface area contributed by atoms with E-state index >= 15 is 0 Å². The minimum Gasteiger partial charge on any atom is -0.330 e. The Morgan fingerprint density at radius 1 is 1.50 bits per heavy atom. The monoisotopic (exact) mass is 308 g/mol. The lowest BCUT2D eigenvalue weighted by molar-refractivity contribution is 0.560. The van der Waals surface area contributed by atoms with Gasteiger partial charge in [-0.15, -0.1) is 11.3 Å². The normalized spacial score (nSPS) is 13.7. The number of sulfonamides is 1. The molecule has 0 bridgehead atoms. The predicted octanol–water partition coefficient (Wildman–Crippen LogP) is 1.67. The summed E-state index contributed by atoms with van der Waals surface area (Å²) < 4.78 is 27.4. The van der Waals surface area contributed by atoms with Gasteiger partial charge in [0.05, 0.1) is 0 Å². The summed E-state index contributed by atoms with van der Waals surface area (Å²) in [5.74, 6) is 0.788. The summed E-state index contributed by atoms with van der Waals surface area (Å²) in [6.45, 7) is 2.52. The topological polar surface area (TPSA) is 72.2 Å². The van der Waals surface area contributed by atoms with Gasteiger partial charge in [-0.05, 0) is 37.8 Å². The van der Waals surface area contributed by atoms with Gasteiger partial charge in [0.25, 0.3) is 0 Å². The molecular weight excluding hydrogens is 288 g/mol. The van der Waals surface area contributed by atoms with Gasteiger partial charge >= 0.3 is 0 Å². The highest BCUT2D eigenvalue weighted by Crippen LogP contribution is 2.22. The summed E-state index contributed by atoms with van der Waals surface area (Å²) in [5, 5.41) is 0. The number of hydrogen-bond acceptors (Lipinski definition) is 5. The molecule has 104 valence electrons. The fourth-order valence-electron chi connectivity index (χ4n) is 1.49. The summed E-state index contributed by atoms with van der Waals surface area (Å²) >= 11 is 2.94. The summed E-state index contributed by atoms with van der Waals surface area (Å²) in [5.41, 5.74) is 5.46. The summed E-state index contributed by atoms with van der Waals surface area (Å²) in [6, 6.07) is 3.48. The van der Waals surface area contributed by atoms with E-state index in [2.05, 4.69) is 4.72 Å². The van der Waals surface area contributed by atoms with E-state index in [0.717, 1.165) is 23.5 Å². The fourth-order valence-corrected chi connectivity index (χ4v) is 5.03. The first kappa shape index (κ1) is 16.0. The van der Waals surface area contributed by atoms with Crippen LogP contribution in [-0.2, 0) is 16.4 Å². The summed E-state index contributed by atoms with van der Waals surface area (Å²) in [6.07, 6.45) is 3.49. The van der Waals surface area contributed by atoms with Crippen LogP contribution in [0.2, 0.25) is 0 Å². The molecule has 3 N–H and O–H groups in total. The predicted molar refractivity (Wildman–Crippen MR) is 79.9 cm³/mol. The minimum atomic E-state index is -3.38. The van der Waals surface area contributed by atoms with Gasteiger partial charge in [0.2, 0.25) is 10.0 Å². The average Bonchev–Trinajstić information content (AvgIpc) is 2.78. The van der Waals surface area contributed by atoms with Gasteiger partial charge in [-0.2, -0.15) is 11.8 Å². The van der Waals surface area contributed by atoms with Crippen LogP contribution in [-0.4, -0.2) is 33.0 Å². The first-order valence-electron chi connectivity index (χ1n) is 5.83. The molecule has 0 saturated carbocycles. The van der Waals surface area contributed by atoms with Crippen LogP contribution in [0.3, 0.4) is 0 Å². The second kappa shape index (κ2) is 7.49. The lowest BCUT2D eigenvalue weighted by Gasteiger charge is -2.14. The maximum atomic E-state index is 12.2. The van der Waals surface area contributed by atoms with Crippen molar-refractivity contribution in [2.24, 2.45) is 5.73 Å². The molecule has 1 aromatic rings. The standard InChI is InChI=1S/C11H20N2O2S3/c1-3-9(8-16-2)13-18(14,15)11-5-4-10(17-11)6-7-12/h4-5,9,13H,3,6-8,12H2,1-2H3. The highest BCUT2D eigenvalue weighted by molar-refractivity contribution is 7.98. The van der Waals surface area contributed by atoms with E-state index in [1.165, 1.54) is 11.3 Å². The molecule has 7 heteroatoms. The van der Waals surface area contributed by atoms with E-state index in [0.29, 0.717) is 10.8 Å². The van der Waals surface area contributed by atoms with E-state index in [1.807, 2.05) is 19.2 Å². The molecule has 0 spiro atoms. The van der Waals surface area contributed by atoms with Crippen LogP contribution >= 0.6 is 23.1 Å². The second-order valence-electron chi connectivity index (χ2n) is 3.94. The van der Waals surface area contributed by atoms with E-state index in [-0.39, 0.29) is 6.04 Å². The molecule has 0 amide bonds. The Bertz CT molecular complexity index is 457. The van der Waals surface area contributed by atoms with Gasteiger partial charge in [0.15, 0.2) is 0 Å². The Balaban J connectivity index is 2.78. The number of nitrogens with two attached hydrogens (primary N) is 1. The number of hydrogen-bond donors (Lipinski definition) is 2. The number of rotatable bonds is 8. The zero-order valence-electron chi connectivity index (χ0n) is 10.7. The Kier molecular flexibility index (Phi) is 6.65. The lowest BCUT2D eigenvalue weighted by atomic mass is 10.3. The van der Waals surface area contributed by atoms with Crippen molar-refractivity contribution in [1.82, 2.24) is 4.72 Å². The molecule has 1 aromatic heterocycles. The minimum absolute atomic E-state index is 0.00921. The fraction of sp³-hybridized carbons (Fsp3) is 0.636. The molecule has 0 aliphatic rings. The zero-order chi connectivity index (χ0) is 13.6. The molecule has 0 aliphatic carbocycles. The number of thiophene rings is 1. The highest BCUT2D eigenvalue weighted by atomic mass is 32.2. The van der Waals surface area contributed by atoms with Crippen molar-refractivity contribution in [3.63, 3.8) is 0 Å². The Morgan fingerprint density at radius 3 is 2.78 bits per heavy atom. The summed E-state index contributed by atoms with van der Waals surface area (Å²) in [4.78, 5) is 1.01. The molecule has 0 aromatic carbocycles. The van der Waals surface area contributed by atoms with Crippen molar-refractivity contribution in [3.05, 3.63) is 17.0 Å². The lowest BCUT2D eigenvalue weighted by Crippen LogP contribution is -2.35. The highest BCUT2D eigenvalue weighted by Gasteiger charge is 2.20. The largest absolute Gasteiger partial charge is 0.330 e. The zero-order valence-corrected chi connectivity index (χ0v) is 13.1. The molecular formula is C11H20N2O2S3. The van der Waals surface area contributed by atoms with Crippen LogP contribution in [0, 0.1) is 0 Å². The van der Waals surface area contributed by atoms with E-state index < -0.39 is 10.0 Å². The van der Waals surface area contributed by atoms with Gasteiger partial charge in [-0.3, -0.25) is 0 Å². The van der Waals surface area contributed by atoms with Crippen LogP contribution in [0.1, 0.15) is 18.2 Å². The number of nitrogens with one attached hydrogen (secondary N) is 1. The Hall–Kier alpha value is -0.0800. The van der Waals surface area contributed by atoms with Gasteiger partial charge < -0.3 is 5.73 Å². The second-order valence-corrected chi connectivity index (χ2v) is 7.96. The Labute approximate surface area is 117 Å². The van der Waals surface area contributed by atoms with Gasteiger partial charge in [-0.25, -0.2) is 13.1 Å². The first-order chi connectivity index (χ1) is 8.53. The molecule has 0 saturated heterocycles. The molecule has 0 aliphatic heterocycles. The first-order valence-corrected chi connectivity index (χ1v) is 9.53. The molecule has 0 radical (unpaired) electrons. The van der Waals surface area contributed by atoms with E-state index in [1.54, 1.807) is 17.8 Å². The molecule has 1 rings (SSSR count). The van der Waals surface area contributed by atoms with Gasteiger partial charge in [0, 0.05) is 16.7 Å². The number of thioether (sulfide) groups is 1. The van der Waals surface area contributed by atoms with Gasteiger partial charge in [0.1, 0.15) is 4.21 Å². The molecule has 18 heavy (non-hydrogen) atoms. The van der Waals surface area contributed by atoms with E-state index in [9.17, 15) is 8.42 Å². The van der Waals surface area contributed by atoms with Crippen molar-refractivity contribution in [1.29, 1.82) is 0 Å². The molecule has 1 unspecified atom stereocenters. The molecule has 1 heterocycles. The maximum absolute atomic E-state index is 12.2. The third kappa shape index (κ3) is 4.55. The SMILES string of the molecule is CCC(CSC)NS(=O)(=O)c1ccc(CCN)s1. The van der Waals surface area contributed by atoms with Crippen molar-refractivity contribution >= 4 is 33.1 Å². The third-order valence-corrected chi connectivity index (χ3v) is 6.37. The van der Waals surface area contributed by atoms with Crippen molar-refractivity contribution in [2.75, 3.05) is 18.6 Å². The van der Waals surface area contributed by atoms with Crippen LogP contribution in [0.5, 0.6) is 0 Å². The quantitative estimate of drug-likeness (QED) is 0.766. The smallest absolute Gasteiger partial charge is 0.250 e. The van der Waals surface area contributed by atoms with Crippen LogP contribution in [0.25, 0.3) is 0 Å². The molecule has 0 fully saturated rings. The third-order valence-electron chi connectivity index (χ3n) is 2.48. The summed E-state index contributed by atoms with van der Waals surface area (Å²) in [7, 11) is -3.38. The van der Waals surface area contributed by atoms with E-state index in [4.69, 9.17) is 5.73 Å². The van der Waals surface area contributed by atoms with Crippen molar-refractivity contribution < 1.29 is 8.42 Å². The van der Waals surface area contributed by atoms with Crippen LogP contribution in [0.15, 0.2) is 16.3 Å². The Morgan fingerprint density at radius 2 is 2.22 bits per heavy atom. The van der Waals surface area contributed by atoms with Crippen LogP contribution in [0.4, 0.5) is 0 Å². The maximum Gasteiger partial charge on any atom is 0.250 e. The molecule has 4 nitrogen and oxygen atoms in total. The van der Waals surface area contributed by atoms with Crippen molar-refractivity contribution in [2.45, 2.75) is 30.0 Å². The van der Waals surface area contributed by atoms with Crippen molar-refractivity contribution in [3.8, 4) is 0 Å².